The van der Waals surface area contributed by atoms with Crippen LogP contribution in [0.3, 0.4) is 0 Å². The summed E-state index contributed by atoms with van der Waals surface area (Å²) < 4.78 is 1.61. The number of aromatic nitrogens is 2. The van der Waals surface area contributed by atoms with Gasteiger partial charge in [0.05, 0.1) is 12.3 Å². The van der Waals surface area contributed by atoms with Crippen LogP contribution in [0.25, 0.3) is 0 Å². The molecule has 0 saturated heterocycles. The second-order valence-corrected chi connectivity index (χ2v) is 3.83. The van der Waals surface area contributed by atoms with Gasteiger partial charge in [-0.05, 0) is 12.8 Å². The van der Waals surface area contributed by atoms with Crippen LogP contribution in [0.5, 0.6) is 0 Å². The summed E-state index contributed by atoms with van der Waals surface area (Å²) in [7, 11) is 1.77. The van der Waals surface area contributed by atoms with E-state index in [9.17, 15) is 4.79 Å². The third-order valence-electron chi connectivity index (χ3n) is 2.38. The molecule has 6 heteroatoms. The van der Waals surface area contributed by atoms with Crippen molar-refractivity contribution < 1.29 is 4.79 Å². The quantitative estimate of drug-likeness (QED) is 0.690. The van der Waals surface area contributed by atoms with Crippen LogP contribution < -0.4 is 11.1 Å². The maximum atomic E-state index is 11.6. The number of carbonyl (C=O) groups excluding carboxylic acids is 1. The lowest BCUT2D eigenvalue weighted by atomic mass is 10.1. The van der Waals surface area contributed by atoms with Crippen molar-refractivity contribution in [1.29, 1.82) is 5.26 Å². The second kappa shape index (κ2) is 6.66. The molecule has 1 unspecified atom stereocenters. The van der Waals surface area contributed by atoms with Crippen LogP contribution in [0.2, 0.25) is 0 Å². The van der Waals surface area contributed by atoms with Gasteiger partial charge in [-0.1, -0.05) is 0 Å². The smallest absolute Gasteiger partial charge is 0.241 e. The van der Waals surface area contributed by atoms with Crippen LogP contribution in [0.1, 0.15) is 30.9 Å². The first-order valence-corrected chi connectivity index (χ1v) is 5.54. The molecule has 1 aromatic rings. The summed E-state index contributed by atoms with van der Waals surface area (Å²) in [5.74, 6) is -0.213. The van der Waals surface area contributed by atoms with Crippen molar-refractivity contribution in [1.82, 2.24) is 15.1 Å². The monoisotopic (exact) mass is 235 g/mol. The van der Waals surface area contributed by atoms with E-state index in [1.165, 1.54) is 0 Å². The van der Waals surface area contributed by atoms with Gasteiger partial charge in [0.1, 0.15) is 6.04 Å². The fraction of sp³-hybridized carbons (Fsp3) is 0.545. The number of nitrogens with two attached hydrogens (primary N) is 1. The highest BCUT2D eigenvalue weighted by Gasteiger charge is 2.16. The van der Waals surface area contributed by atoms with E-state index in [0.29, 0.717) is 18.5 Å². The van der Waals surface area contributed by atoms with Crippen LogP contribution >= 0.6 is 0 Å². The van der Waals surface area contributed by atoms with Crippen LogP contribution in [0.15, 0.2) is 12.4 Å². The Morgan fingerprint density at radius 2 is 2.47 bits per heavy atom. The number of nitriles is 1. The fourth-order valence-electron chi connectivity index (χ4n) is 1.40. The van der Waals surface area contributed by atoms with Crippen LogP contribution in [-0.4, -0.2) is 22.2 Å². The second-order valence-electron chi connectivity index (χ2n) is 3.83. The summed E-state index contributed by atoms with van der Waals surface area (Å²) in [6, 6.07) is 1.38. The summed E-state index contributed by atoms with van der Waals surface area (Å²) in [5.41, 5.74) is 6.47. The van der Waals surface area contributed by atoms with Crippen molar-refractivity contribution in [3.05, 3.63) is 18.0 Å². The standard InChI is InChI=1S/C11H17N5O/c1-16-8-9(7-15-16)10(13)11(17)14-6-4-2-3-5-12/h7-8,10H,2-4,6,13H2,1H3,(H,14,17). The summed E-state index contributed by atoms with van der Waals surface area (Å²) >= 11 is 0. The van der Waals surface area contributed by atoms with Gasteiger partial charge in [0.2, 0.25) is 5.91 Å². The van der Waals surface area contributed by atoms with Gasteiger partial charge in [-0.25, -0.2) is 0 Å². The number of unbranched alkanes of at least 4 members (excludes halogenated alkanes) is 2. The fourth-order valence-corrected chi connectivity index (χ4v) is 1.40. The Labute approximate surface area is 100 Å². The van der Waals surface area contributed by atoms with Crippen molar-refractivity contribution in [2.45, 2.75) is 25.3 Å². The molecule has 1 rings (SSSR count). The lowest BCUT2D eigenvalue weighted by molar-refractivity contribution is -0.122. The highest BCUT2D eigenvalue weighted by Crippen LogP contribution is 2.08. The van der Waals surface area contributed by atoms with Crippen molar-refractivity contribution in [3.8, 4) is 6.07 Å². The number of aryl methyl sites for hydroxylation is 1. The Balaban J connectivity index is 2.30. The van der Waals surface area contributed by atoms with Crippen LogP contribution in [0.4, 0.5) is 0 Å². The van der Waals surface area contributed by atoms with E-state index < -0.39 is 6.04 Å². The van der Waals surface area contributed by atoms with Crippen molar-refractivity contribution in [2.75, 3.05) is 6.54 Å². The number of rotatable bonds is 6. The van der Waals surface area contributed by atoms with Gasteiger partial charge in [-0.15, -0.1) is 0 Å². The minimum atomic E-state index is -0.681. The normalized spacial score (nSPS) is 11.8. The third kappa shape index (κ3) is 4.25. The Morgan fingerprint density at radius 3 is 3.06 bits per heavy atom. The largest absolute Gasteiger partial charge is 0.354 e. The van der Waals surface area contributed by atoms with E-state index >= 15 is 0 Å². The average molecular weight is 235 g/mol. The molecule has 0 aromatic carbocycles. The Morgan fingerprint density at radius 1 is 1.71 bits per heavy atom. The van der Waals surface area contributed by atoms with Crippen molar-refractivity contribution in [3.63, 3.8) is 0 Å². The molecule has 1 heterocycles. The lowest BCUT2D eigenvalue weighted by Gasteiger charge is -2.09. The predicted molar refractivity (Wildman–Crippen MR) is 62.6 cm³/mol. The molecule has 1 aromatic heterocycles. The molecule has 0 aliphatic carbocycles. The van der Waals surface area contributed by atoms with Gasteiger partial charge in [-0.3, -0.25) is 9.48 Å². The number of amides is 1. The lowest BCUT2D eigenvalue weighted by Crippen LogP contribution is -2.34. The van der Waals surface area contributed by atoms with E-state index in [4.69, 9.17) is 11.0 Å². The zero-order valence-electron chi connectivity index (χ0n) is 9.89. The van der Waals surface area contributed by atoms with E-state index in [1.807, 2.05) is 0 Å². The number of hydrogen-bond acceptors (Lipinski definition) is 4. The molecule has 0 radical (unpaired) electrons. The Hall–Kier alpha value is -1.87. The van der Waals surface area contributed by atoms with E-state index in [1.54, 1.807) is 24.1 Å². The highest BCUT2D eigenvalue weighted by atomic mass is 16.2. The molecule has 1 amide bonds. The summed E-state index contributed by atoms with van der Waals surface area (Å²) in [6.07, 6.45) is 5.41. The molecule has 0 spiro atoms. The van der Waals surface area contributed by atoms with Gasteiger partial charge >= 0.3 is 0 Å². The first-order chi connectivity index (χ1) is 8.15. The molecule has 6 nitrogen and oxygen atoms in total. The van der Waals surface area contributed by atoms with Gasteiger partial charge in [-0.2, -0.15) is 10.4 Å². The van der Waals surface area contributed by atoms with Gasteiger partial charge in [0.15, 0.2) is 0 Å². The number of nitrogens with one attached hydrogen (secondary N) is 1. The summed E-state index contributed by atoms with van der Waals surface area (Å²) in [5, 5.41) is 15.0. The molecule has 3 N–H and O–H groups in total. The highest BCUT2D eigenvalue weighted by molar-refractivity contribution is 5.82. The van der Waals surface area contributed by atoms with Crippen molar-refractivity contribution >= 4 is 5.91 Å². The molecule has 1 atom stereocenters. The SMILES string of the molecule is Cn1cc(C(N)C(=O)NCCCCC#N)cn1. The first kappa shape index (κ1) is 13.2. The van der Waals surface area contributed by atoms with Crippen molar-refractivity contribution in [2.24, 2.45) is 12.8 Å². The van der Waals surface area contributed by atoms with Crippen LogP contribution in [-0.2, 0) is 11.8 Å². The summed E-state index contributed by atoms with van der Waals surface area (Å²) in [6.45, 7) is 0.550. The molecular weight excluding hydrogens is 218 g/mol. The topological polar surface area (TPSA) is 96.7 Å². The first-order valence-electron chi connectivity index (χ1n) is 5.54. The zero-order chi connectivity index (χ0) is 12.7. The van der Waals surface area contributed by atoms with Gasteiger partial charge < -0.3 is 11.1 Å². The Bertz CT molecular complexity index is 406. The minimum absolute atomic E-state index is 0.213. The zero-order valence-corrected chi connectivity index (χ0v) is 9.89. The maximum absolute atomic E-state index is 11.6. The number of hydrogen-bond donors (Lipinski definition) is 2. The minimum Gasteiger partial charge on any atom is -0.354 e. The predicted octanol–water partition coefficient (Wildman–Crippen LogP) is 0.230. The average Bonchev–Trinajstić information content (AvgIpc) is 2.74. The van der Waals surface area contributed by atoms with Gasteiger partial charge in [0, 0.05) is 31.8 Å². The Kier molecular flexibility index (Phi) is 5.17. The van der Waals surface area contributed by atoms with Gasteiger partial charge in [0.25, 0.3) is 0 Å². The molecule has 0 saturated carbocycles. The molecule has 0 bridgehead atoms. The summed E-state index contributed by atoms with van der Waals surface area (Å²) in [4.78, 5) is 11.6. The number of nitrogens with zero attached hydrogens (tertiary/aromatic N) is 3. The number of carbonyl (C=O) groups is 1. The molecule has 0 aliphatic heterocycles. The van der Waals surface area contributed by atoms with E-state index in [2.05, 4.69) is 16.5 Å². The molecule has 17 heavy (non-hydrogen) atoms. The third-order valence-corrected chi connectivity index (χ3v) is 2.38. The van der Waals surface area contributed by atoms with Crippen LogP contribution in [0, 0.1) is 11.3 Å². The van der Waals surface area contributed by atoms with E-state index in [0.717, 1.165) is 12.8 Å². The molecule has 0 aliphatic rings. The maximum Gasteiger partial charge on any atom is 0.241 e. The van der Waals surface area contributed by atoms with E-state index in [-0.39, 0.29) is 5.91 Å². The molecule has 0 fully saturated rings. The molecule has 92 valence electrons. The molecular formula is C11H17N5O.